The predicted molar refractivity (Wildman–Crippen MR) is 115 cm³/mol. The third-order valence-corrected chi connectivity index (χ3v) is 6.45. The van der Waals surface area contributed by atoms with Crippen molar-refractivity contribution >= 4 is 7.60 Å². The molecule has 0 spiro atoms. The Morgan fingerprint density at radius 2 is 1.19 bits per heavy atom. The Labute approximate surface area is 167 Å². The number of rotatable bonds is 18. The summed E-state index contributed by atoms with van der Waals surface area (Å²) in [6, 6.07) is 0. The van der Waals surface area contributed by atoms with Crippen LogP contribution >= 0.6 is 7.60 Å². The lowest BCUT2D eigenvalue weighted by molar-refractivity contribution is -0.875. The van der Waals surface area contributed by atoms with Crippen LogP contribution in [0, 0.1) is 0 Å². The van der Waals surface area contributed by atoms with E-state index >= 15 is 0 Å². The van der Waals surface area contributed by atoms with Crippen LogP contribution in [0.5, 0.6) is 0 Å². The van der Waals surface area contributed by atoms with Crippen molar-refractivity contribution in [3.8, 4) is 0 Å². The van der Waals surface area contributed by atoms with Crippen molar-refractivity contribution in [2.45, 2.75) is 95.2 Å². The fourth-order valence-corrected chi connectivity index (χ4v) is 4.60. The highest BCUT2D eigenvalue weighted by Crippen LogP contribution is 2.52. The molecule has 0 saturated heterocycles. The van der Waals surface area contributed by atoms with E-state index in [4.69, 9.17) is 0 Å². The molecule has 27 heavy (non-hydrogen) atoms. The minimum absolute atomic E-state index is 0.0604. The van der Waals surface area contributed by atoms with Crippen molar-refractivity contribution in [3.05, 3.63) is 12.7 Å². The highest BCUT2D eigenvalue weighted by molar-refractivity contribution is 7.53. The van der Waals surface area contributed by atoms with Crippen LogP contribution in [-0.4, -0.2) is 52.4 Å². The normalized spacial score (nSPS) is 14.9. The fraction of sp³-hybridized carbons (Fsp3) is 0.905. The molecule has 0 radical (unpaired) electrons. The van der Waals surface area contributed by atoms with Gasteiger partial charge in [0.25, 0.3) is 0 Å². The fourth-order valence-electron chi connectivity index (χ4n) is 3.54. The van der Waals surface area contributed by atoms with E-state index in [1.807, 2.05) is 27.2 Å². The van der Waals surface area contributed by atoms with Crippen molar-refractivity contribution < 1.29 is 23.9 Å². The second-order valence-corrected chi connectivity index (χ2v) is 11.0. The Kier molecular flexibility index (Phi) is 13.8. The SMILES string of the molecule is C=CCCCCCCCCCCCCCCC(O)(C[N+](C)(C)C)P(=O)(O)O. The highest BCUT2D eigenvalue weighted by atomic mass is 31.2. The Hall–Kier alpha value is -0.190. The summed E-state index contributed by atoms with van der Waals surface area (Å²) < 4.78 is 12.1. The number of unbranched alkanes of at least 4 members (excludes halogenated alkanes) is 12. The van der Waals surface area contributed by atoms with Crippen LogP contribution < -0.4 is 0 Å². The number of nitrogens with zero attached hydrogens (tertiary/aromatic N) is 1. The summed E-state index contributed by atoms with van der Waals surface area (Å²) >= 11 is 0. The van der Waals surface area contributed by atoms with Gasteiger partial charge in [-0.3, -0.25) is 4.57 Å². The first-order valence-electron chi connectivity index (χ1n) is 10.7. The largest absolute Gasteiger partial charge is 0.373 e. The van der Waals surface area contributed by atoms with E-state index < -0.39 is 12.9 Å². The molecule has 0 fully saturated rings. The van der Waals surface area contributed by atoms with Crippen molar-refractivity contribution in [3.63, 3.8) is 0 Å². The third kappa shape index (κ3) is 14.5. The predicted octanol–water partition coefficient (Wildman–Crippen LogP) is 5.21. The number of quaternary nitrogens is 1. The van der Waals surface area contributed by atoms with E-state index in [1.54, 1.807) is 0 Å². The average molecular weight is 407 g/mol. The summed E-state index contributed by atoms with van der Waals surface area (Å²) in [5.41, 5.74) is 0. The van der Waals surface area contributed by atoms with Gasteiger partial charge in [0.15, 0.2) is 0 Å². The van der Waals surface area contributed by atoms with Gasteiger partial charge in [0.2, 0.25) is 5.34 Å². The van der Waals surface area contributed by atoms with Gasteiger partial charge in [-0.2, -0.15) is 0 Å². The molecule has 0 heterocycles. The van der Waals surface area contributed by atoms with Gasteiger partial charge in [-0.15, -0.1) is 6.58 Å². The maximum Gasteiger partial charge on any atom is 0.362 e. The average Bonchev–Trinajstić information content (AvgIpc) is 2.52. The molecule has 0 amide bonds. The van der Waals surface area contributed by atoms with Crippen LogP contribution in [0.2, 0.25) is 0 Å². The van der Waals surface area contributed by atoms with Gasteiger partial charge in [0.05, 0.1) is 21.1 Å². The molecule has 5 nitrogen and oxygen atoms in total. The molecule has 1 atom stereocenters. The Morgan fingerprint density at radius 1 is 0.815 bits per heavy atom. The van der Waals surface area contributed by atoms with Crippen LogP contribution in [0.1, 0.15) is 89.9 Å². The molecule has 162 valence electrons. The van der Waals surface area contributed by atoms with Gasteiger partial charge in [-0.25, -0.2) is 0 Å². The maximum absolute atomic E-state index is 11.7. The monoisotopic (exact) mass is 406 g/mol. The molecular weight excluding hydrogens is 361 g/mol. The molecule has 0 rings (SSSR count). The van der Waals surface area contributed by atoms with Gasteiger partial charge in [-0.05, 0) is 25.7 Å². The van der Waals surface area contributed by atoms with E-state index in [1.165, 1.54) is 57.8 Å². The van der Waals surface area contributed by atoms with Crippen molar-refractivity contribution in [2.75, 3.05) is 27.7 Å². The van der Waals surface area contributed by atoms with E-state index in [-0.39, 0.29) is 13.0 Å². The summed E-state index contributed by atoms with van der Waals surface area (Å²) in [5.74, 6) is 0. The summed E-state index contributed by atoms with van der Waals surface area (Å²) in [5, 5.41) is 8.59. The number of hydrogen-bond donors (Lipinski definition) is 3. The Morgan fingerprint density at radius 3 is 1.52 bits per heavy atom. The summed E-state index contributed by atoms with van der Waals surface area (Å²) in [4.78, 5) is 19.1. The van der Waals surface area contributed by atoms with Crippen LogP contribution in [0.3, 0.4) is 0 Å². The van der Waals surface area contributed by atoms with Crippen molar-refractivity contribution in [1.29, 1.82) is 0 Å². The molecule has 0 saturated carbocycles. The topological polar surface area (TPSA) is 77.8 Å². The lowest BCUT2D eigenvalue weighted by Crippen LogP contribution is -2.49. The minimum Gasteiger partial charge on any atom is -0.373 e. The second-order valence-electron chi connectivity index (χ2n) is 9.04. The Balaban J connectivity index is 3.72. The molecule has 0 aromatic rings. The summed E-state index contributed by atoms with van der Waals surface area (Å²) in [7, 11) is 0.970. The first kappa shape index (κ1) is 26.8. The van der Waals surface area contributed by atoms with Gasteiger partial charge < -0.3 is 19.4 Å². The van der Waals surface area contributed by atoms with Crippen LogP contribution in [0.25, 0.3) is 0 Å². The van der Waals surface area contributed by atoms with Crippen LogP contribution in [-0.2, 0) is 4.57 Å². The summed E-state index contributed by atoms with van der Waals surface area (Å²) in [6.07, 6.45) is 17.5. The van der Waals surface area contributed by atoms with Gasteiger partial charge in [-0.1, -0.05) is 70.3 Å². The molecule has 0 aliphatic rings. The molecule has 0 bridgehead atoms. The number of likely N-dealkylation sites (N-methyl/N-ethyl adjacent to an activating group) is 1. The number of allylic oxidation sites excluding steroid dienone is 1. The lowest BCUT2D eigenvalue weighted by atomic mass is 10.0. The standard InChI is InChI=1S/C21H44NO4P/c1-5-6-7-8-9-10-11-12-13-14-15-16-17-18-19-21(23,27(24,25)26)20-22(2,3)4/h5,23H,1,6-20H2,2-4H3,(H-,24,25,26)/p+1. The van der Waals surface area contributed by atoms with E-state index in [9.17, 15) is 19.5 Å². The van der Waals surface area contributed by atoms with Gasteiger partial charge >= 0.3 is 7.60 Å². The Bertz CT molecular complexity index is 430. The van der Waals surface area contributed by atoms with Crippen molar-refractivity contribution in [2.24, 2.45) is 0 Å². The zero-order valence-corrected chi connectivity index (χ0v) is 18.9. The summed E-state index contributed by atoms with van der Waals surface area (Å²) in [6.45, 7) is 3.80. The highest BCUT2D eigenvalue weighted by Gasteiger charge is 2.48. The molecule has 3 N–H and O–H groups in total. The zero-order valence-electron chi connectivity index (χ0n) is 18.0. The molecule has 1 unspecified atom stereocenters. The molecular formula is C21H45NO4P+. The molecule has 0 aliphatic heterocycles. The van der Waals surface area contributed by atoms with Crippen LogP contribution in [0.4, 0.5) is 0 Å². The maximum atomic E-state index is 11.7. The molecule has 6 heteroatoms. The quantitative estimate of drug-likeness (QED) is 0.126. The first-order chi connectivity index (χ1) is 12.5. The number of hydrogen-bond acceptors (Lipinski definition) is 2. The molecule has 0 aromatic carbocycles. The minimum atomic E-state index is -4.54. The zero-order chi connectivity index (χ0) is 20.8. The second kappa shape index (κ2) is 13.9. The van der Waals surface area contributed by atoms with Crippen molar-refractivity contribution in [1.82, 2.24) is 0 Å². The number of aliphatic hydroxyl groups is 1. The smallest absolute Gasteiger partial charge is 0.362 e. The van der Waals surface area contributed by atoms with Crippen LogP contribution in [0.15, 0.2) is 12.7 Å². The first-order valence-corrected chi connectivity index (χ1v) is 12.3. The van der Waals surface area contributed by atoms with E-state index in [0.29, 0.717) is 10.9 Å². The third-order valence-electron chi connectivity index (χ3n) is 5.01. The van der Waals surface area contributed by atoms with Gasteiger partial charge in [0, 0.05) is 0 Å². The lowest BCUT2D eigenvalue weighted by Gasteiger charge is -2.35. The molecule has 0 aliphatic carbocycles. The van der Waals surface area contributed by atoms with Gasteiger partial charge in [0.1, 0.15) is 6.54 Å². The van der Waals surface area contributed by atoms with E-state index in [0.717, 1.165) is 19.3 Å². The molecule has 0 aromatic heterocycles. The van der Waals surface area contributed by atoms with E-state index in [2.05, 4.69) is 6.58 Å².